The zero-order valence-corrected chi connectivity index (χ0v) is 40.3. The van der Waals surface area contributed by atoms with Crippen LogP contribution in [0.25, 0.3) is 0 Å². The van der Waals surface area contributed by atoms with Crippen LogP contribution in [0.1, 0.15) is 59.6 Å². The summed E-state index contributed by atoms with van der Waals surface area (Å²) in [7, 11) is 0. The van der Waals surface area contributed by atoms with E-state index in [1.54, 1.807) is 24.3 Å². The maximum absolute atomic E-state index is 13.9. The number of hydrogen-bond acceptors (Lipinski definition) is 13. The van der Waals surface area contributed by atoms with Crippen molar-refractivity contribution in [3.8, 4) is 0 Å². The number of unbranched alkanes of at least 4 members (excludes halogenated alkanes) is 1. The van der Waals surface area contributed by atoms with Crippen molar-refractivity contribution < 1.29 is 48.5 Å². The Morgan fingerprint density at radius 3 is 1.60 bits per heavy atom. The minimum atomic E-state index is -1.64. The second-order valence-corrected chi connectivity index (χ2v) is 18.3. The molecule has 5 amide bonds. The molecule has 4 aromatic rings. The fraction of sp³-hybridized carbons (Fsp3) is 0.400. The van der Waals surface area contributed by atoms with Gasteiger partial charge in [0, 0.05) is 29.6 Å². The van der Waals surface area contributed by atoms with Crippen LogP contribution < -0.4 is 32.3 Å². The predicted octanol–water partition coefficient (Wildman–Crippen LogP) is 3.95. The van der Waals surface area contributed by atoms with Gasteiger partial charge in [-0.1, -0.05) is 120 Å². The number of rotatable bonds is 28. The molecular formula is C50H64N6O10S2. The number of carbonyl (C=O) groups excluding carboxylic acids is 6. The first-order valence-corrected chi connectivity index (χ1v) is 24.7. The van der Waals surface area contributed by atoms with Gasteiger partial charge >= 0.3 is 12.1 Å². The molecule has 0 spiro atoms. The summed E-state index contributed by atoms with van der Waals surface area (Å²) in [6.45, 7) is 4.69. The first-order valence-electron chi connectivity index (χ1n) is 22.4. The van der Waals surface area contributed by atoms with Crippen LogP contribution in [0.5, 0.6) is 0 Å². The Labute approximate surface area is 406 Å². The van der Waals surface area contributed by atoms with Gasteiger partial charge in [0.2, 0.25) is 23.6 Å². The first kappa shape index (κ1) is 54.7. The maximum Gasteiger partial charge on any atom is 0.407 e. The van der Waals surface area contributed by atoms with Crippen LogP contribution in [0.4, 0.5) is 4.79 Å². The molecule has 18 heteroatoms. The highest BCUT2D eigenvalue weighted by atomic mass is 32.2. The molecule has 0 aliphatic rings. The Hall–Kier alpha value is -5.92. The van der Waals surface area contributed by atoms with Crippen LogP contribution >= 0.6 is 23.5 Å². The van der Waals surface area contributed by atoms with Gasteiger partial charge in [-0.15, -0.1) is 0 Å². The Bertz CT molecular complexity index is 2190. The van der Waals surface area contributed by atoms with E-state index in [1.165, 1.54) is 30.4 Å². The fourth-order valence-electron chi connectivity index (χ4n) is 6.39. The molecule has 366 valence electrons. The number of aliphatic hydroxyl groups is 2. The lowest BCUT2D eigenvalue weighted by atomic mass is 10.1. The molecule has 0 bridgehead atoms. The van der Waals surface area contributed by atoms with Crippen molar-refractivity contribution in [3.63, 3.8) is 0 Å². The van der Waals surface area contributed by atoms with Gasteiger partial charge in [0.25, 0.3) is 0 Å². The highest BCUT2D eigenvalue weighted by Crippen LogP contribution is 2.17. The van der Waals surface area contributed by atoms with E-state index in [2.05, 4.69) is 26.6 Å². The number of thioether (sulfide) groups is 2. The maximum atomic E-state index is 13.9. The normalized spacial score (nSPS) is 13.6. The summed E-state index contributed by atoms with van der Waals surface area (Å²) in [4.78, 5) is 80.1. The molecule has 6 atom stereocenters. The number of nitrogens with two attached hydrogens (primary N) is 1. The predicted molar refractivity (Wildman–Crippen MR) is 264 cm³/mol. The summed E-state index contributed by atoms with van der Waals surface area (Å²) in [5.41, 5.74) is 12.0. The topological polar surface area (TPSA) is 248 Å². The lowest BCUT2D eigenvalue weighted by Gasteiger charge is -2.27. The smallest absolute Gasteiger partial charge is 0.407 e. The van der Waals surface area contributed by atoms with Crippen molar-refractivity contribution in [2.24, 2.45) is 5.73 Å². The molecule has 0 aromatic heterocycles. The summed E-state index contributed by atoms with van der Waals surface area (Å²) < 4.78 is 10.8. The molecule has 0 saturated heterocycles. The first-order chi connectivity index (χ1) is 32.7. The molecule has 16 nitrogen and oxygen atoms in total. The number of aliphatic hydroxyl groups excluding tert-OH is 2. The van der Waals surface area contributed by atoms with Crippen molar-refractivity contribution >= 4 is 59.2 Å². The Balaban J connectivity index is 1.36. The van der Waals surface area contributed by atoms with E-state index in [4.69, 9.17) is 15.2 Å². The molecular weight excluding hydrogens is 909 g/mol. The number of hydrogen-bond donors (Lipinski definition) is 8. The van der Waals surface area contributed by atoms with Crippen molar-refractivity contribution in [2.45, 2.75) is 101 Å². The fourth-order valence-corrected chi connectivity index (χ4v) is 8.41. The van der Waals surface area contributed by atoms with Crippen molar-refractivity contribution in [2.75, 3.05) is 24.7 Å². The third kappa shape index (κ3) is 20.1. The average Bonchev–Trinajstić information content (AvgIpc) is 3.34. The quantitative estimate of drug-likeness (QED) is 0.0297. The van der Waals surface area contributed by atoms with Gasteiger partial charge in [-0.3, -0.25) is 19.2 Å². The largest absolute Gasteiger partial charge is 0.459 e. The van der Waals surface area contributed by atoms with E-state index >= 15 is 0 Å². The highest BCUT2D eigenvalue weighted by Gasteiger charge is 2.34. The molecule has 0 fully saturated rings. The SMILES string of the molecule is Cc1ccc(CSC[C@H](NC(=O)[C@@H](N)CCCCNC(=O)OCc2ccccc2)C(=O)N[C@H](C(=O)N[C@@H](CO)C(=O)N[C@@H](CSCc2ccc(C)cc2)C(=O)OCc2ccccc2)[C@@H](C)O)cc1. The Kier molecular flexibility index (Phi) is 23.9. The van der Waals surface area contributed by atoms with Gasteiger partial charge in [0.1, 0.15) is 37.4 Å². The van der Waals surface area contributed by atoms with Crippen molar-refractivity contribution in [1.29, 1.82) is 0 Å². The summed E-state index contributed by atoms with van der Waals surface area (Å²) in [5.74, 6) is -2.88. The average molecular weight is 973 g/mol. The van der Waals surface area contributed by atoms with E-state index in [9.17, 15) is 39.0 Å². The molecule has 0 radical (unpaired) electrons. The van der Waals surface area contributed by atoms with Crippen LogP contribution in [-0.2, 0) is 58.2 Å². The minimum absolute atomic E-state index is 0.0459. The minimum Gasteiger partial charge on any atom is -0.459 e. The van der Waals surface area contributed by atoms with Gasteiger partial charge in [-0.25, -0.2) is 9.59 Å². The number of ether oxygens (including phenoxy) is 2. The molecule has 0 unspecified atom stereocenters. The number of amides is 5. The van der Waals surface area contributed by atoms with E-state index in [0.29, 0.717) is 30.9 Å². The van der Waals surface area contributed by atoms with E-state index in [1.807, 2.05) is 98.8 Å². The molecule has 4 aromatic carbocycles. The van der Waals surface area contributed by atoms with Crippen LogP contribution in [0.15, 0.2) is 109 Å². The Morgan fingerprint density at radius 2 is 1.07 bits per heavy atom. The van der Waals surface area contributed by atoms with Crippen LogP contribution in [0, 0.1) is 13.8 Å². The summed E-state index contributed by atoms with van der Waals surface area (Å²) in [6.07, 6.45) is -0.863. The molecule has 0 aliphatic heterocycles. The highest BCUT2D eigenvalue weighted by molar-refractivity contribution is 7.98. The third-order valence-electron chi connectivity index (χ3n) is 10.4. The monoisotopic (exact) mass is 972 g/mol. The van der Waals surface area contributed by atoms with Gasteiger partial charge in [0.05, 0.1) is 18.8 Å². The standard InChI is InChI=1S/C50H64N6O10S2/c1-33-17-21-38(22-18-33)29-67-31-42(54-45(59)40(51)16-10-11-25-52-50(64)66-28-37-14-8-5-9-15-37)47(61)56-44(35(3)58)48(62)53-41(26-57)46(60)55-43(32-68-30-39-23-19-34(2)20-24-39)49(63)65-27-36-12-6-4-7-13-36/h4-9,12-15,17-24,35,40-44,57-58H,10-11,16,25-32,51H2,1-3H3,(H,52,64)(H,53,62)(H,54,59)(H,55,60)(H,56,61)/t35-,40+,41+,42+,43+,44+/m1/s1. The molecule has 4 rings (SSSR count). The lowest BCUT2D eigenvalue weighted by molar-refractivity contribution is -0.148. The van der Waals surface area contributed by atoms with Crippen LogP contribution in [-0.4, -0.2) is 107 Å². The van der Waals surface area contributed by atoms with Crippen LogP contribution in [0.2, 0.25) is 0 Å². The number of alkyl carbamates (subject to hydrolysis) is 1. The molecule has 0 aliphatic carbocycles. The van der Waals surface area contributed by atoms with E-state index in [-0.39, 0.29) is 31.1 Å². The summed E-state index contributed by atoms with van der Waals surface area (Å²) >= 11 is 2.73. The van der Waals surface area contributed by atoms with Gasteiger partial charge in [-0.2, -0.15) is 23.5 Å². The summed E-state index contributed by atoms with van der Waals surface area (Å²) in [6, 6.07) is 27.3. The second kappa shape index (κ2) is 29.8. The molecule has 9 N–H and O–H groups in total. The van der Waals surface area contributed by atoms with Gasteiger partial charge in [-0.05, 0) is 62.3 Å². The zero-order chi connectivity index (χ0) is 49.3. The number of nitrogens with one attached hydrogen (secondary N) is 5. The van der Waals surface area contributed by atoms with Crippen molar-refractivity contribution in [3.05, 3.63) is 143 Å². The van der Waals surface area contributed by atoms with E-state index in [0.717, 1.165) is 33.4 Å². The van der Waals surface area contributed by atoms with Gasteiger partial charge in [0.15, 0.2) is 0 Å². The lowest BCUT2D eigenvalue weighted by Crippen LogP contribution is -2.62. The zero-order valence-electron chi connectivity index (χ0n) is 38.7. The second-order valence-electron chi connectivity index (χ2n) is 16.3. The summed E-state index contributed by atoms with van der Waals surface area (Å²) in [5, 5.41) is 33.9. The van der Waals surface area contributed by atoms with Crippen LogP contribution in [0.3, 0.4) is 0 Å². The number of benzene rings is 4. The number of carbonyl (C=O) groups is 6. The van der Waals surface area contributed by atoms with E-state index < -0.39 is 78.6 Å². The third-order valence-corrected chi connectivity index (χ3v) is 12.7. The number of esters is 1. The molecule has 0 heterocycles. The molecule has 0 saturated carbocycles. The number of aryl methyl sites for hydroxylation is 2. The molecule has 68 heavy (non-hydrogen) atoms. The van der Waals surface area contributed by atoms with Crippen molar-refractivity contribution in [1.82, 2.24) is 26.6 Å². The Morgan fingerprint density at radius 1 is 0.588 bits per heavy atom. The van der Waals surface area contributed by atoms with Gasteiger partial charge < -0.3 is 52.0 Å².